The van der Waals surface area contributed by atoms with Crippen LogP contribution in [-0.4, -0.2) is 68.9 Å². The molecule has 0 unspecified atom stereocenters. The van der Waals surface area contributed by atoms with Crippen LogP contribution in [-0.2, 0) is 10.8 Å². The van der Waals surface area contributed by atoms with E-state index < -0.39 is 0 Å². The van der Waals surface area contributed by atoms with Crippen LogP contribution in [0.15, 0.2) is 72.8 Å². The van der Waals surface area contributed by atoms with E-state index >= 15 is 0 Å². The summed E-state index contributed by atoms with van der Waals surface area (Å²) in [4.78, 5) is 6.69. The molecule has 46 heavy (non-hydrogen) atoms. The highest BCUT2D eigenvalue weighted by molar-refractivity contribution is 6.00. The van der Waals surface area contributed by atoms with Crippen LogP contribution in [0.4, 0.5) is 0 Å². The predicted molar refractivity (Wildman–Crippen MR) is 177 cm³/mol. The van der Waals surface area contributed by atoms with Gasteiger partial charge in [-0.2, -0.15) is 10.4 Å². The van der Waals surface area contributed by atoms with Crippen molar-refractivity contribution in [2.75, 3.05) is 26.2 Å². The summed E-state index contributed by atoms with van der Waals surface area (Å²) in [6.07, 6.45) is 0. The minimum absolute atomic E-state index is 0.169. The van der Waals surface area contributed by atoms with Crippen LogP contribution in [0.3, 0.4) is 0 Å². The van der Waals surface area contributed by atoms with E-state index in [0.29, 0.717) is 11.6 Å². The molecule has 2 aromatic heterocycles. The van der Waals surface area contributed by atoms with Gasteiger partial charge in [-0.05, 0) is 51.3 Å². The van der Waals surface area contributed by atoms with Gasteiger partial charge in [0.25, 0.3) is 11.7 Å². The van der Waals surface area contributed by atoms with Crippen molar-refractivity contribution in [3.8, 4) is 22.8 Å². The molecule has 0 saturated heterocycles. The minimum atomic E-state index is 0.169. The first kappa shape index (κ1) is 32.1. The predicted octanol–water partition coefficient (Wildman–Crippen LogP) is 0.134. The van der Waals surface area contributed by atoms with E-state index in [1.807, 2.05) is 24.3 Å². The Morgan fingerprint density at radius 3 is 1.28 bits per heavy atom. The standard InChI is InChI=1S/C12H14N4.2C11H13N4/c1-2-9(11-13-4-5-14-11)8-10(3-1)12-15-6-7-16-12;2*1-11(2,3)9-6-4-8(5-7-9)10-12-14-15-13-10/h1-3,8H,4-7H2,(H,13,14)(H,15,16);2*4-7H,1-3H3/q;2*-1/p+2. The van der Waals surface area contributed by atoms with E-state index in [-0.39, 0.29) is 10.8 Å². The number of benzene rings is 3. The molecule has 0 saturated carbocycles. The topological polar surface area (TPSA) is 158 Å². The number of hydrogen-bond acceptors (Lipinski definition) is 8. The lowest BCUT2D eigenvalue weighted by atomic mass is 9.87. The van der Waals surface area contributed by atoms with Gasteiger partial charge >= 0.3 is 0 Å². The Kier molecular flexibility index (Phi) is 9.94. The fourth-order valence-electron chi connectivity index (χ4n) is 4.87. The molecule has 0 bridgehead atoms. The lowest BCUT2D eigenvalue weighted by Crippen LogP contribution is -2.71. The average molecular weight is 619 g/mol. The Morgan fingerprint density at radius 1 is 0.565 bits per heavy atom. The van der Waals surface area contributed by atoms with Gasteiger partial charge in [0.2, 0.25) is 0 Å². The van der Waals surface area contributed by atoms with Gasteiger partial charge in [-0.3, -0.25) is 41.2 Å². The third-order valence-corrected chi connectivity index (χ3v) is 7.55. The first-order valence-electron chi connectivity index (χ1n) is 15.5. The molecule has 0 aliphatic carbocycles. The van der Waals surface area contributed by atoms with Crippen LogP contribution < -0.4 is 30.8 Å². The summed E-state index contributed by atoms with van der Waals surface area (Å²) >= 11 is 0. The number of nitrogens with one attached hydrogen (secondary N) is 4. The molecule has 12 heteroatoms. The third kappa shape index (κ3) is 8.46. The summed E-state index contributed by atoms with van der Waals surface area (Å²) in [5.41, 5.74) is 7.26. The van der Waals surface area contributed by atoms with Crippen LogP contribution in [0.1, 0.15) is 63.8 Å². The normalized spacial score (nSPS) is 14.1. The van der Waals surface area contributed by atoms with Gasteiger partial charge in [0.1, 0.15) is 26.2 Å². The van der Waals surface area contributed by atoms with Crippen molar-refractivity contribution in [2.24, 2.45) is 0 Å². The largest absolute Gasteiger partial charge is 0.330 e. The smallest absolute Gasteiger partial charge is 0.275 e. The molecule has 5 aromatic rings. The second-order valence-electron chi connectivity index (χ2n) is 13.1. The maximum Gasteiger partial charge on any atom is 0.275 e. The summed E-state index contributed by atoms with van der Waals surface area (Å²) in [7, 11) is 0. The summed E-state index contributed by atoms with van der Waals surface area (Å²) in [5, 5.41) is 35.8. The molecule has 7 rings (SSSR count). The fraction of sp³-hybridized carbons (Fsp3) is 0.353. The van der Waals surface area contributed by atoms with Crippen molar-refractivity contribution in [3.63, 3.8) is 0 Å². The maximum atomic E-state index is 3.81. The van der Waals surface area contributed by atoms with Crippen molar-refractivity contribution in [2.45, 2.75) is 52.4 Å². The van der Waals surface area contributed by atoms with Gasteiger partial charge < -0.3 is 10.2 Å². The molecule has 2 aliphatic rings. The molecule has 238 valence electrons. The summed E-state index contributed by atoms with van der Waals surface area (Å²) in [6.45, 7) is 17.1. The summed E-state index contributed by atoms with van der Waals surface area (Å²) in [6, 6.07) is 24.9. The van der Waals surface area contributed by atoms with E-state index in [9.17, 15) is 0 Å². The molecular weight excluding hydrogens is 576 g/mol. The Labute approximate surface area is 269 Å². The average Bonchev–Trinajstić information content (AvgIpc) is 3.90. The number of aromatic nitrogens is 8. The van der Waals surface area contributed by atoms with Gasteiger partial charge in [-0.25, -0.2) is 0 Å². The molecule has 0 fully saturated rings. The van der Waals surface area contributed by atoms with E-state index in [2.05, 4.69) is 152 Å². The Morgan fingerprint density at radius 2 is 0.978 bits per heavy atom. The Hall–Kier alpha value is -5.26. The van der Waals surface area contributed by atoms with E-state index in [0.717, 1.165) is 49.0 Å². The first-order chi connectivity index (χ1) is 22.1. The van der Waals surface area contributed by atoms with Gasteiger partial charge in [0.05, 0.1) is 11.1 Å². The second kappa shape index (κ2) is 14.2. The zero-order valence-electron chi connectivity index (χ0n) is 27.3. The molecule has 4 N–H and O–H groups in total. The molecule has 2 aliphatic heterocycles. The number of nitrogens with zero attached hydrogens (tertiary/aromatic N) is 8. The monoisotopic (exact) mass is 618 g/mol. The summed E-state index contributed by atoms with van der Waals surface area (Å²) in [5.74, 6) is 3.44. The lowest BCUT2D eigenvalue weighted by molar-refractivity contribution is -0.444. The SMILES string of the molecule is CC(C)(C)c1ccc(-c2nnn[n-]2)cc1.CC(C)(C)c1ccc(-c2nnn[n-]2)cc1.c1cc(C2=[NH+]CCN2)cc(C2=[NH+]CCN2)c1. The molecule has 12 nitrogen and oxygen atoms in total. The number of amidine groups is 2. The lowest BCUT2D eigenvalue weighted by Gasteiger charge is -2.19. The first-order valence-corrected chi connectivity index (χ1v) is 15.5. The molecular formula is C34H42N12. The van der Waals surface area contributed by atoms with E-state index in [4.69, 9.17) is 0 Å². The Bertz CT molecular complexity index is 1600. The highest BCUT2D eigenvalue weighted by Crippen LogP contribution is 2.25. The molecule has 3 aromatic carbocycles. The molecule has 0 amide bonds. The number of rotatable bonds is 4. The van der Waals surface area contributed by atoms with Crippen molar-refractivity contribution in [3.05, 3.63) is 95.1 Å². The Balaban J connectivity index is 0.000000136. The molecule has 4 heterocycles. The fourth-order valence-corrected chi connectivity index (χ4v) is 4.87. The van der Waals surface area contributed by atoms with Crippen LogP contribution in [0, 0.1) is 0 Å². The van der Waals surface area contributed by atoms with Crippen LogP contribution >= 0.6 is 0 Å². The summed E-state index contributed by atoms with van der Waals surface area (Å²) < 4.78 is 0. The van der Waals surface area contributed by atoms with Gasteiger partial charge in [0.15, 0.2) is 0 Å². The van der Waals surface area contributed by atoms with Gasteiger partial charge in [0, 0.05) is 11.6 Å². The number of tetrazole rings is 2. The van der Waals surface area contributed by atoms with Crippen LogP contribution in [0.5, 0.6) is 0 Å². The molecule has 0 atom stereocenters. The zero-order valence-corrected chi connectivity index (χ0v) is 27.3. The quantitative estimate of drug-likeness (QED) is 0.218. The van der Waals surface area contributed by atoms with Gasteiger partial charge in [-0.15, -0.1) is 0 Å². The molecule has 0 spiro atoms. The highest BCUT2D eigenvalue weighted by Gasteiger charge is 2.19. The van der Waals surface area contributed by atoms with Crippen molar-refractivity contribution in [1.29, 1.82) is 0 Å². The van der Waals surface area contributed by atoms with Crippen molar-refractivity contribution in [1.82, 2.24) is 51.9 Å². The molecule has 0 radical (unpaired) electrons. The zero-order chi connectivity index (χ0) is 32.6. The third-order valence-electron chi connectivity index (χ3n) is 7.55. The second-order valence-corrected chi connectivity index (χ2v) is 13.1. The van der Waals surface area contributed by atoms with Crippen LogP contribution in [0.2, 0.25) is 0 Å². The maximum absolute atomic E-state index is 3.81. The van der Waals surface area contributed by atoms with Crippen molar-refractivity contribution >= 4 is 11.7 Å². The van der Waals surface area contributed by atoms with Gasteiger partial charge in [-0.1, -0.05) is 96.1 Å². The highest BCUT2D eigenvalue weighted by atomic mass is 15.5. The van der Waals surface area contributed by atoms with Crippen LogP contribution in [0.25, 0.3) is 22.8 Å². The number of hydrogen-bond donors (Lipinski definition) is 4. The van der Waals surface area contributed by atoms with Crippen molar-refractivity contribution < 1.29 is 9.98 Å². The van der Waals surface area contributed by atoms with E-state index in [1.165, 1.54) is 22.3 Å². The van der Waals surface area contributed by atoms with E-state index in [1.54, 1.807) is 0 Å². The minimum Gasteiger partial charge on any atom is -0.330 e.